The first-order chi connectivity index (χ1) is 9.79. The lowest BCUT2D eigenvalue weighted by Gasteiger charge is -2.20. The number of hydrogen-bond donors (Lipinski definition) is 2. The Morgan fingerprint density at radius 2 is 2.15 bits per heavy atom. The van der Waals surface area contributed by atoms with Gasteiger partial charge in [0.15, 0.2) is 5.84 Å². The third-order valence-corrected chi connectivity index (χ3v) is 3.59. The van der Waals surface area contributed by atoms with E-state index >= 15 is 0 Å². The predicted molar refractivity (Wildman–Crippen MR) is 77.9 cm³/mol. The number of oxime groups is 1. The Bertz CT molecular complexity index is 654. The first-order valence-corrected chi connectivity index (χ1v) is 6.54. The summed E-state index contributed by atoms with van der Waals surface area (Å²) < 4.78 is 0. The predicted octanol–water partition coefficient (Wildman–Crippen LogP) is 1.74. The fourth-order valence-corrected chi connectivity index (χ4v) is 2.62. The normalized spacial score (nSPS) is 14.4. The van der Waals surface area contributed by atoms with E-state index in [1.165, 1.54) is 11.3 Å². The van der Waals surface area contributed by atoms with Crippen LogP contribution in [-0.2, 0) is 13.0 Å². The van der Waals surface area contributed by atoms with Crippen molar-refractivity contribution in [1.29, 1.82) is 0 Å². The van der Waals surface area contributed by atoms with E-state index in [4.69, 9.17) is 10.9 Å². The van der Waals surface area contributed by atoms with Crippen LogP contribution in [-0.4, -0.2) is 22.6 Å². The summed E-state index contributed by atoms with van der Waals surface area (Å²) in [6.45, 7) is 1.68. The average molecular weight is 268 g/mol. The van der Waals surface area contributed by atoms with E-state index in [-0.39, 0.29) is 5.84 Å². The van der Waals surface area contributed by atoms with Crippen molar-refractivity contribution in [3.63, 3.8) is 0 Å². The van der Waals surface area contributed by atoms with Crippen LogP contribution in [0.3, 0.4) is 0 Å². The molecule has 1 aliphatic rings. The maximum absolute atomic E-state index is 8.84. The number of fused-ring (bicyclic) bond motifs is 1. The van der Waals surface area contributed by atoms with E-state index < -0.39 is 0 Å². The van der Waals surface area contributed by atoms with Crippen LogP contribution in [0.25, 0.3) is 0 Å². The summed E-state index contributed by atoms with van der Waals surface area (Å²) in [6.07, 6.45) is 2.70. The van der Waals surface area contributed by atoms with Crippen LogP contribution < -0.4 is 10.6 Å². The molecule has 0 fully saturated rings. The van der Waals surface area contributed by atoms with Gasteiger partial charge < -0.3 is 15.8 Å². The second-order valence-corrected chi connectivity index (χ2v) is 4.80. The summed E-state index contributed by atoms with van der Waals surface area (Å²) in [5, 5.41) is 11.9. The molecule has 1 aromatic carbocycles. The van der Waals surface area contributed by atoms with E-state index in [9.17, 15) is 0 Å². The van der Waals surface area contributed by atoms with Crippen LogP contribution >= 0.6 is 0 Å². The Labute approximate surface area is 117 Å². The van der Waals surface area contributed by atoms with E-state index in [0.29, 0.717) is 12.2 Å². The fourth-order valence-electron chi connectivity index (χ4n) is 2.62. The molecule has 0 radical (unpaired) electrons. The first kappa shape index (κ1) is 12.5. The molecule has 0 saturated heterocycles. The zero-order valence-electron chi connectivity index (χ0n) is 11.0. The van der Waals surface area contributed by atoms with Crippen LogP contribution in [0, 0.1) is 0 Å². The molecular formula is C15H16N4O. The van der Waals surface area contributed by atoms with Gasteiger partial charge >= 0.3 is 0 Å². The van der Waals surface area contributed by atoms with Crippen LogP contribution in [0.5, 0.6) is 0 Å². The number of benzene rings is 1. The Morgan fingerprint density at radius 1 is 1.30 bits per heavy atom. The molecule has 0 unspecified atom stereocenters. The fraction of sp³-hybridized carbons (Fsp3) is 0.200. The van der Waals surface area contributed by atoms with E-state index in [1.54, 1.807) is 6.20 Å². The van der Waals surface area contributed by atoms with Gasteiger partial charge in [0.2, 0.25) is 0 Å². The van der Waals surface area contributed by atoms with Crippen molar-refractivity contribution in [2.24, 2.45) is 10.9 Å². The number of para-hydroxylation sites is 1. The van der Waals surface area contributed by atoms with Crippen molar-refractivity contribution in [3.8, 4) is 0 Å². The molecule has 5 heteroatoms. The SMILES string of the molecule is NC(=NO)c1ncccc1CN1CCc2ccccc21. The lowest BCUT2D eigenvalue weighted by atomic mass is 10.1. The number of nitrogens with zero attached hydrogens (tertiary/aromatic N) is 3. The lowest BCUT2D eigenvalue weighted by Crippen LogP contribution is -2.24. The molecule has 3 rings (SSSR count). The summed E-state index contributed by atoms with van der Waals surface area (Å²) in [4.78, 5) is 6.50. The van der Waals surface area contributed by atoms with Crippen LogP contribution in [0.15, 0.2) is 47.8 Å². The van der Waals surface area contributed by atoms with E-state index in [1.807, 2.05) is 18.2 Å². The summed E-state index contributed by atoms with van der Waals surface area (Å²) in [7, 11) is 0. The zero-order valence-corrected chi connectivity index (χ0v) is 11.0. The molecule has 0 atom stereocenters. The number of hydrogen-bond acceptors (Lipinski definition) is 4. The monoisotopic (exact) mass is 268 g/mol. The van der Waals surface area contributed by atoms with E-state index in [2.05, 4.69) is 33.2 Å². The molecule has 1 aromatic heterocycles. The highest BCUT2D eigenvalue weighted by Gasteiger charge is 2.20. The first-order valence-electron chi connectivity index (χ1n) is 6.54. The molecule has 20 heavy (non-hydrogen) atoms. The van der Waals surface area contributed by atoms with Crippen LogP contribution in [0.4, 0.5) is 5.69 Å². The molecule has 0 spiro atoms. The number of aromatic nitrogens is 1. The molecule has 0 aliphatic carbocycles. The largest absolute Gasteiger partial charge is 0.409 e. The van der Waals surface area contributed by atoms with Crippen molar-refractivity contribution in [1.82, 2.24) is 4.98 Å². The minimum Gasteiger partial charge on any atom is -0.409 e. The topological polar surface area (TPSA) is 74.7 Å². The molecule has 3 N–H and O–H groups in total. The quantitative estimate of drug-likeness (QED) is 0.385. The second-order valence-electron chi connectivity index (χ2n) is 4.80. The highest BCUT2D eigenvalue weighted by atomic mass is 16.4. The van der Waals surface area contributed by atoms with Gasteiger partial charge in [-0.15, -0.1) is 0 Å². The molecule has 5 nitrogen and oxygen atoms in total. The third kappa shape index (κ3) is 2.18. The third-order valence-electron chi connectivity index (χ3n) is 3.59. The van der Waals surface area contributed by atoms with Crippen molar-refractivity contribution < 1.29 is 5.21 Å². The molecule has 1 aliphatic heterocycles. The summed E-state index contributed by atoms with van der Waals surface area (Å²) in [5.41, 5.74) is 9.80. The highest BCUT2D eigenvalue weighted by Crippen LogP contribution is 2.29. The van der Waals surface area contributed by atoms with Crippen LogP contribution in [0.2, 0.25) is 0 Å². The number of nitrogens with two attached hydrogens (primary N) is 1. The Hall–Kier alpha value is -2.56. The summed E-state index contributed by atoms with van der Waals surface area (Å²) in [6, 6.07) is 12.2. The summed E-state index contributed by atoms with van der Waals surface area (Å²) in [5.74, 6) is 0.0492. The van der Waals surface area contributed by atoms with Crippen molar-refractivity contribution in [2.45, 2.75) is 13.0 Å². The lowest BCUT2D eigenvalue weighted by molar-refractivity contribution is 0.318. The molecule has 102 valence electrons. The van der Waals surface area contributed by atoms with E-state index in [0.717, 1.165) is 18.5 Å². The summed E-state index contributed by atoms with van der Waals surface area (Å²) >= 11 is 0. The average Bonchev–Trinajstić information content (AvgIpc) is 2.90. The maximum Gasteiger partial charge on any atom is 0.189 e. The minimum atomic E-state index is 0.0492. The maximum atomic E-state index is 8.84. The van der Waals surface area contributed by atoms with Gasteiger partial charge in [-0.25, -0.2) is 0 Å². The van der Waals surface area contributed by atoms with Gasteiger partial charge in [0.25, 0.3) is 0 Å². The minimum absolute atomic E-state index is 0.0492. The molecular weight excluding hydrogens is 252 g/mol. The van der Waals surface area contributed by atoms with Gasteiger partial charge in [-0.2, -0.15) is 0 Å². The Kier molecular flexibility index (Phi) is 3.25. The zero-order chi connectivity index (χ0) is 13.9. The van der Waals surface area contributed by atoms with Gasteiger partial charge in [0, 0.05) is 30.5 Å². The van der Waals surface area contributed by atoms with Crippen LogP contribution in [0.1, 0.15) is 16.8 Å². The van der Waals surface area contributed by atoms with Gasteiger partial charge in [0.1, 0.15) is 5.69 Å². The second kappa shape index (κ2) is 5.21. The van der Waals surface area contributed by atoms with Gasteiger partial charge in [-0.3, -0.25) is 4.98 Å². The number of amidine groups is 1. The van der Waals surface area contributed by atoms with Crippen molar-refractivity contribution in [3.05, 3.63) is 59.4 Å². The van der Waals surface area contributed by atoms with Gasteiger partial charge in [-0.1, -0.05) is 29.4 Å². The molecule has 0 amide bonds. The highest BCUT2D eigenvalue weighted by molar-refractivity contribution is 5.96. The number of anilines is 1. The number of pyridine rings is 1. The Balaban J connectivity index is 1.90. The molecule has 2 heterocycles. The van der Waals surface area contributed by atoms with Crippen molar-refractivity contribution >= 4 is 11.5 Å². The smallest absolute Gasteiger partial charge is 0.189 e. The van der Waals surface area contributed by atoms with Crippen molar-refractivity contribution in [2.75, 3.05) is 11.4 Å². The number of rotatable bonds is 3. The molecule has 2 aromatic rings. The molecule has 0 saturated carbocycles. The van der Waals surface area contributed by atoms with Gasteiger partial charge in [-0.05, 0) is 24.1 Å². The Morgan fingerprint density at radius 3 is 3.00 bits per heavy atom. The standard InChI is InChI=1S/C15H16N4O/c16-15(18-20)14-12(5-3-8-17-14)10-19-9-7-11-4-1-2-6-13(11)19/h1-6,8,20H,7,9-10H2,(H2,16,18). The van der Waals surface area contributed by atoms with Gasteiger partial charge in [0.05, 0.1) is 0 Å². The molecule has 0 bridgehead atoms.